The van der Waals surface area contributed by atoms with Crippen molar-refractivity contribution in [1.82, 2.24) is 9.55 Å². The fraction of sp³-hybridized carbons (Fsp3) is 0.0833. The van der Waals surface area contributed by atoms with E-state index in [1.54, 1.807) is 11.3 Å². The normalized spacial score (nSPS) is 11.1. The first-order valence-electron chi connectivity index (χ1n) is 5.18. The minimum atomic E-state index is 0.565. The first-order valence-corrected chi connectivity index (χ1v) is 6.85. The van der Waals surface area contributed by atoms with Crippen LogP contribution in [0, 0.1) is 0 Å². The summed E-state index contributed by atoms with van der Waals surface area (Å²) in [7, 11) is 0. The van der Waals surface area contributed by atoms with Crippen molar-refractivity contribution >= 4 is 44.2 Å². The zero-order valence-electron chi connectivity index (χ0n) is 8.93. The molecule has 2 heterocycles. The smallest absolute Gasteiger partial charge is 0.201 e. The number of nitrogens with two attached hydrogens (primary N) is 1. The molecular formula is C12H10BrN3S. The number of para-hydroxylation sites is 2. The molecule has 2 N–H and O–H groups in total. The second kappa shape index (κ2) is 4.16. The Morgan fingerprint density at radius 1 is 1.35 bits per heavy atom. The molecule has 17 heavy (non-hydrogen) atoms. The highest BCUT2D eigenvalue weighted by atomic mass is 79.9. The molecule has 86 valence electrons. The maximum Gasteiger partial charge on any atom is 0.201 e. The summed E-state index contributed by atoms with van der Waals surface area (Å²) < 4.78 is 3.15. The molecule has 0 saturated heterocycles. The largest absolute Gasteiger partial charge is 0.369 e. The maximum absolute atomic E-state index is 5.95. The fourth-order valence-corrected chi connectivity index (χ4v) is 3.29. The van der Waals surface area contributed by atoms with Crippen molar-refractivity contribution in [3.8, 4) is 0 Å². The topological polar surface area (TPSA) is 43.8 Å². The van der Waals surface area contributed by atoms with E-state index >= 15 is 0 Å². The first-order chi connectivity index (χ1) is 8.24. The summed E-state index contributed by atoms with van der Waals surface area (Å²) >= 11 is 5.17. The number of halogens is 1. The highest BCUT2D eigenvalue weighted by molar-refractivity contribution is 9.10. The van der Waals surface area contributed by atoms with E-state index in [2.05, 4.69) is 32.4 Å². The van der Waals surface area contributed by atoms with E-state index in [0.717, 1.165) is 22.1 Å². The van der Waals surface area contributed by atoms with Crippen molar-refractivity contribution in [3.05, 3.63) is 45.1 Å². The van der Waals surface area contributed by atoms with Gasteiger partial charge in [-0.25, -0.2) is 4.98 Å². The Kier molecular flexibility index (Phi) is 2.64. The third-order valence-corrected chi connectivity index (χ3v) is 4.30. The van der Waals surface area contributed by atoms with E-state index in [0.29, 0.717) is 5.95 Å². The molecule has 0 unspecified atom stereocenters. The number of thiophene rings is 1. The number of nitrogen functional groups attached to an aromatic ring is 1. The van der Waals surface area contributed by atoms with Crippen molar-refractivity contribution in [3.63, 3.8) is 0 Å². The van der Waals surface area contributed by atoms with E-state index in [1.165, 1.54) is 4.88 Å². The molecule has 0 aliphatic carbocycles. The van der Waals surface area contributed by atoms with E-state index in [-0.39, 0.29) is 0 Å². The van der Waals surface area contributed by atoms with Gasteiger partial charge in [-0.2, -0.15) is 0 Å². The molecule has 0 atom stereocenters. The Balaban J connectivity index is 2.08. The van der Waals surface area contributed by atoms with Crippen LogP contribution < -0.4 is 5.73 Å². The number of rotatable bonds is 2. The first kappa shape index (κ1) is 10.8. The molecule has 0 aliphatic heterocycles. The van der Waals surface area contributed by atoms with Gasteiger partial charge in [-0.05, 0) is 34.1 Å². The van der Waals surface area contributed by atoms with Crippen molar-refractivity contribution in [2.24, 2.45) is 0 Å². The van der Waals surface area contributed by atoms with Gasteiger partial charge in [-0.3, -0.25) is 0 Å². The number of imidazole rings is 1. The molecule has 0 radical (unpaired) electrons. The summed E-state index contributed by atoms with van der Waals surface area (Å²) in [4.78, 5) is 5.61. The summed E-state index contributed by atoms with van der Waals surface area (Å²) in [5, 5.41) is 2.07. The molecular weight excluding hydrogens is 298 g/mol. The van der Waals surface area contributed by atoms with E-state index < -0.39 is 0 Å². The number of benzene rings is 1. The van der Waals surface area contributed by atoms with Crippen molar-refractivity contribution in [1.29, 1.82) is 0 Å². The molecule has 1 aromatic carbocycles. The van der Waals surface area contributed by atoms with Crippen LogP contribution in [0.5, 0.6) is 0 Å². The molecule has 0 saturated carbocycles. The second-order valence-electron chi connectivity index (χ2n) is 3.78. The molecule has 0 fully saturated rings. The summed E-state index contributed by atoms with van der Waals surface area (Å²) in [6.45, 7) is 0.766. The number of hydrogen-bond donors (Lipinski definition) is 1. The lowest BCUT2D eigenvalue weighted by molar-refractivity contribution is 0.852. The number of hydrogen-bond acceptors (Lipinski definition) is 3. The molecule has 0 spiro atoms. The number of fused-ring (bicyclic) bond motifs is 1. The number of anilines is 1. The second-order valence-corrected chi connectivity index (χ2v) is 5.69. The zero-order chi connectivity index (χ0) is 11.8. The van der Waals surface area contributed by atoms with Crippen LogP contribution in [0.2, 0.25) is 0 Å². The molecule has 0 bridgehead atoms. The highest BCUT2D eigenvalue weighted by Crippen LogP contribution is 2.24. The highest BCUT2D eigenvalue weighted by Gasteiger charge is 2.08. The predicted molar refractivity (Wildman–Crippen MR) is 75.3 cm³/mol. The Morgan fingerprint density at radius 3 is 2.94 bits per heavy atom. The van der Waals surface area contributed by atoms with Crippen LogP contribution in [0.25, 0.3) is 11.0 Å². The average Bonchev–Trinajstić information content (AvgIpc) is 2.85. The Bertz CT molecular complexity index is 671. The number of nitrogens with zero attached hydrogens (tertiary/aromatic N) is 2. The summed E-state index contributed by atoms with van der Waals surface area (Å²) in [5.41, 5.74) is 7.98. The van der Waals surface area contributed by atoms with Gasteiger partial charge in [0.15, 0.2) is 0 Å². The molecule has 5 heteroatoms. The van der Waals surface area contributed by atoms with Crippen molar-refractivity contribution in [2.45, 2.75) is 6.54 Å². The number of aromatic nitrogens is 2. The lowest BCUT2D eigenvalue weighted by Crippen LogP contribution is -2.03. The predicted octanol–water partition coefficient (Wildman–Crippen LogP) is 3.49. The van der Waals surface area contributed by atoms with E-state index in [1.807, 2.05) is 28.8 Å². The van der Waals surface area contributed by atoms with Gasteiger partial charge in [-0.15, -0.1) is 11.3 Å². The molecule has 3 rings (SSSR count). The Labute approximate surface area is 111 Å². The fourth-order valence-electron chi connectivity index (χ4n) is 1.85. The summed E-state index contributed by atoms with van der Waals surface area (Å²) in [6, 6.07) is 10.1. The molecule has 0 aliphatic rings. The minimum absolute atomic E-state index is 0.565. The molecule has 2 aromatic heterocycles. The SMILES string of the molecule is Nc1nc2ccccc2n1Cc1cc(Br)cs1. The third-order valence-electron chi connectivity index (χ3n) is 2.62. The lowest BCUT2D eigenvalue weighted by atomic mass is 10.3. The third kappa shape index (κ3) is 1.96. The van der Waals surface area contributed by atoms with Crippen LogP contribution in [-0.4, -0.2) is 9.55 Å². The van der Waals surface area contributed by atoms with Crippen LogP contribution in [0.1, 0.15) is 4.88 Å². The Morgan fingerprint density at radius 2 is 2.18 bits per heavy atom. The van der Waals surface area contributed by atoms with E-state index in [4.69, 9.17) is 5.73 Å². The van der Waals surface area contributed by atoms with Crippen LogP contribution in [-0.2, 0) is 6.54 Å². The molecule has 3 aromatic rings. The minimum Gasteiger partial charge on any atom is -0.369 e. The van der Waals surface area contributed by atoms with Gasteiger partial charge in [0.25, 0.3) is 0 Å². The van der Waals surface area contributed by atoms with Crippen LogP contribution >= 0.6 is 27.3 Å². The van der Waals surface area contributed by atoms with E-state index in [9.17, 15) is 0 Å². The van der Waals surface area contributed by atoms with Gasteiger partial charge in [0.1, 0.15) is 0 Å². The van der Waals surface area contributed by atoms with Gasteiger partial charge in [0.2, 0.25) is 5.95 Å². The standard InChI is InChI=1S/C12H10BrN3S/c13-8-5-9(17-7-8)6-16-11-4-2-1-3-10(11)15-12(16)14/h1-5,7H,6H2,(H2,14,15). The van der Waals surface area contributed by atoms with Crippen LogP contribution in [0.3, 0.4) is 0 Å². The van der Waals surface area contributed by atoms with Crippen molar-refractivity contribution in [2.75, 3.05) is 5.73 Å². The van der Waals surface area contributed by atoms with Gasteiger partial charge >= 0.3 is 0 Å². The quantitative estimate of drug-likeness (QED) is 0.787. The van der Waals surface area contributed by atoms with Gasteiger partial charge in [0.05, 0.1) is 17.6 Å². The Hall–Kier alpha value is -1.33. The average molecular weight is 308 g/mol. The monoisotopic (exact) mass is 307 g/mol. The van der Waals surface area contributed by atoms with Gasteiger partial charge in [0, 0.05) is 14.7 Å². The van der Waals surface area contributed by atoms with Crippen LogP contribution in [0.4, 0.5) is 5.95 Å². The molecule has 0 amide bonds. The maximum atomic E-state index is 5.95. The van der Waals surface area contributed by atoms with Gasteiger partial charge in [-0.1, -0.05) is 12.1 Å². The lowest BCUT2D eigenvalue weighted by Gasteiger charge is -2.03. The molecule has 3 nitrogen and oxygen atoms in total. The summed E-state index contributed by atoms with van der Waals surface area (Å²) in [6.07, 6.45) is 0. The summed E-state index contributed by atoms with van der Waals surface area (Å²) in [5.74, 6) is 0.565. The zero-order valence-corrected chi connectivity index (χ0v) is 11.3. The van der Waals surface area contributed by atoms with Crippen LogP contribution in [0.15, 0.2) is 40.2 Å². The van der Waals surface area contributed by atoms with Gasteiger partial charge < -0.3 is 10.3 Å². The van der Waals surface area contributed by atoms with Crippen molar-refractivity contribution < 1.29 is 0 Å².